The van der Waals surface area contributed by atoms with E-state index in [1.807, 2.05) is 38.1 Å². The molecule has 0 spiro atoms. The van der Waals surface area contributed by atoms with Gasteiger partial charge >= 0.3 is 5.97 Å². The third-order valence-corrected chi connectivity index (χ3v) is 10.8. The zero-order valence-corrected chi connectivity index (χ0v) is 24.0. The maximum atomic E-state index is 13.9. The Balaban J connectivity index is 1.39. The molecular weight excluding hydrogens is 494 g/mol. The Morgan fingerprint density at radius 2 is 1.74 bits per heavy atom. The molecule has 0 unspecified atom stereocenters. The van der Waals surface area contributed by atoms with E-state index in [1.54, 1.807) is 14.2 Å². The molecule has 0 saturated heterocycles. The molecule has 212 valence electrons. The molecule has 7 heteroatoms. The van der Waals surface area contributed by atoms with Gasteiger partial charge in [0.05, 0.1) is 25.9 Å². The van der Waals surface area contributed by atoms with Gasteiger partial charge in [-0.1, -0.05) is 19.9 Å². The predicted molar refractivity (Wildman–Crippen MR) is 148 cm³/mol. The van der Waals surface area contributed by atoms with Gasteiger partial charge in [-0.15, -0.1) is 0 Å². The summed E-state index contributed by atoms with van der Waals surface area (Å²) in [6, 6.07) is 5.68. The van der Waals surface area contributed by atoms with Gasteiger partial charge in [0.2, 0.25) is 5.91 Å². The average Bonchev–Trinajstić information content (AvgIpc) is 3.23. The van der Waals surface area contributed by atoms with E-state index >= 15 is 0 Å². The Bertz CT molecular complexity index is 1210. The number of aliphatic hydroxyl groups is 1. The zero-order chi connectivity index (χ0) is 28.3. The van der Waals surface area contributed by atoms with E-state index in [4.69, 9.17) is 9.47 Å². The molecule has 0 radical (unpaired) electrons. The molecule has 1 amide bonds. The van der Waals surface area contributed by atoms with Crippen molar-refractivity contribution in [3.05, 3.63) is 47.1 Å². The number of ether oxygens (including phenoxy) is 2. The highest BCUT2D eigenvalue weighted by Gasteiger charge is 2.62. The molecule has 5 rings (SSSR count). The molecule has 0 heterocycles. The summed E-state index contributed by atoms with van der Waals surface area (Å²) in [6.07, 6.45) is 7.97. The van der Waals surface area contributed by atoms with Gasteiger partial charge in [-0.2, -0.15) is 0 Å². The molecule has 2 fully saturated rings. The number of allylic oxidation sites excluding steroid dienone is 3. The summed E-state index contributed by atoms with van der Waals surface area (Å²) in [5.41, 5.74) is 1.25. The van der Waals surface area contributed by atoms with Crippen LogP contribution in [0.1, 0.15) is 71.8 Å². The largest absolute Gasteiger partial charge is 0.497 e. The SMILES string of the molecule is COc1cc(OC)cc(C(C)(C)NC(=O)[C@H]2CC[C@H]3[C@@H]4CC=C5C=C(C(=O)O)CC[C@]5(C)[C@H]4[C@@H](O)C[C@]23C)c1. The molecule has 4 aliphatic rings. The molecule has 39 heavy (non-hydrogen) atoms. The van der Waals surface area contributed by atoms with Crippen molar-refractivity contribution in [2.45, 2.75) is 77.9 Å². The number of amides is 1. The monoisotopic (exact) mass is 537 g/mol. The highest BCUT2D eigenvalue weighted by atomic mass is 16.5. The molecule has 4 aliphatic carbocycles. The minimum Gasteiger partial charge on any atom is -0.497 e. The van der Waals surface area contributed by atoms with Crippen LogP contribution < -0.4 is 14.8 Å². The van der Waals surface area contributed by atoms with Crippen molar-refractivity contribution >= 4 is 11.9 Å². The molecule has 1 aromatic rings. The van der Waals surface area contributed by atoms with E-state index in [9.17, 15) is 19.8 Å². The maximum Gasteiger partial charge on any atom is 0.331 e. The van der Waals surface area contributed by atoms with Crippen LogP contribution in [0.4, 0.5) is 0 Å². The summed E-state index contributed by atoms with van der Waals surface area (Å²) in [4.78, 5) is 25.6. The summed E-state index contributed by atoms with van der Waals surface area (Å²) in [5, 5.41) is 24.6. The minimum atomic E-state index is -0.850. The summed E-state index contributed by atoms with van der Waals surface area (Å²) < 4.78 is 10.9. The smallest absolute Gasteiger partial charge is 0.331 e. The second-order valence-corrected chi connectivity index (χ2v) is 13.2. The molecule has 2 saturated carbocycles. The molecule has 3 N–H and O–H groups in total. The number of carbonyl (C=O) groups is 2. The Morgan fingerprint density at radius 3 is 2.36 bits per heavy atom. The van der Waals surface area contributed by atoms with Gasteiger partial charge in [-0.3, -0.25) is 4.79 Å². The number of hydrogen-bond donors (Lipinski definition) is 3. The van der Waals surface area contributed by atoms with Crippen LogP contribution in [-0.2, 0) is 15.1 Å². The number of carboxylic acids is 1. The number of benzene rings is 1. The van der Waals surface area contributed by atoms with Gasteiger partial charge in [0, 0.05) is 17.6 Å². The number of rotatable bonds is 6. The number of carbonyl (C=O) groups excluding carboxylic acids is 1. The van der Waals surface area contributed by atoms with Crippen molar-refractivity contribution < 1.29 is 29.3 Å². The van der Waals surface area contributed by atoms with Gasteiger partial charge in [0.15, 0.2) is 0 Å². The Labute approximate surface area is 231 Å². The third kappa shape index (κ3) is 4.47. The van der Waals surface area contributed by atoms with Gasteiger partial charge in [-0.25, -0.2) is 4.79 Å². The number of aliphatic carboxylic acids is 1. The lowest BCUT2D eigenvalue weighted by Gasteiger charge is -2.58. The van der Waals surface area contributed by atoms with Crippen molar-refractivity contribution in [2.24, 2.45) is 34.5 Å². The standard InChI is InChI=1S/C32H43NO6/c1-30(2,20-14-21(38-5)16-22(15-20)39-6)33-28(35)25-10-9-24-23-8-7-19-13-18(29(36)37)11-12-31(19,3)27(23)26(34)17-32(24,25)4/h7,13-16,23-27,34H,8-12,17H2,1-6H3,(H,33,35)(H,36,37)/t23-,24-,25+,26-,27+,31-,32-/m0/s1. The second kappa shape index (κ2) is 9.69. The summed E-state index contributed by atoms with van der Waals surface area (Å²) >= 11 is 0. The molecule has 0 aliphatic heterocycles. The highest BCUT2D eigenvalue weighted by molar-refractivity contribution is 5.87. The minimum absolute atomic E-state index is 0.0300. The Morgan fingerprint density at radius 1 is 1.08 bits per heavy atom. The Kier molecular flexibility index (Phi) is 6.89. The van der Waals surface area contributed by atoms with Crippen molar-refractivity contribution in [1.29, 1.82) is 0 Å². The summed E-state index contributed by atoms with van der Waals surface area (Å²) in [6.45, 7) is 8.41. The number of methoxy groups -OCH3 is 2. The van der Waals surface area contributed by atoms with Crippen LogP contribution in [0.15, 0.2) is 41.5 Å². The Hall–Kier alpha value is -2.80. The van der Waals surface area contributed by atoms with E-state index in [2.05, 4.69) is 25.2 Å². The number of aliphatic hydroxyl groups excluding tert-OH is 1. The molecular formula is C32H43NO6. The van der Waals surface area contributed by atoms with Gasteiger partial charge in [-0.05, 0) is 110 Å². The first-order chi connectivity index (χ1) is 18.3. The van der Waals surface area contributed by atoms with Gasteiger partial charge < -0.3 is 25.0 Å². The van der Waals surface area contributed by atoms with Gasteiger partial charge in [0.25, 0.3) is 0 Å². The number of carboxylic acid groups (broad SMARTS) is 1. The topological polar surface area (TPSA) is 105 Å². The first-order valence-electron chi connectivity index (χ1n) is 14.2. The third-order valence-electron chi connectivity index (χ3n) is 10.8. The quantitative estimate of drug-likeness (QED) is 0.459. The molecule has 1 aromatic carbocycles. The molecule has 7 nitrogen and oxygen atoms in total. The van der Waals surface area contributed by atoms with Crippen LogP contribution in [-0.4, -0.2) is 42.4 Å². The van der Waals surface area contributed by atoms with Crippen LogP contribution in [0.25, 0.3) is 0 Å². The number of hydrogen-bond acceptors (Lipinski definition) is 5. The normalized spacial score (nSPS) is 35.5. The van der Waals surface area contributed by atoms with Gasteiger partial charge in [0.1, 0.15) is 11.5 Å². The molecule has 0 aromatic heterocycles. The van der Waals surface area contributed by atoms with Crippen LogP contribution in [0.5, 0.6) is 11.5 Å². The lowest BCUT2D eigenvalue weighted by molar-refractivity contribution is -0.142. The van der Waals surface area contributed by atoms with E-state index in [0.29, 0.717) is 35.8 Å². The van der Waals surface area contributed by atoms with Crippen molar-refractivity contribution in [3.8, 4) is 11.5 Å². The first kappa shape index (κ1) is 27.8. The average molecular weight is 538 g/mol. The molecule has 7 atom stereocenters. The van der Waals surface area contributed by atoms with E-state index in [1.165, 1.54) is 0 Å². The van der Waals surface area contributed by atoms with Crippen molar-refractivity contribution in [2.75, 3.05) is 14.2 Å². The number of nitrogens with one attached hydrogen (secondary N) is 1. The summed E-state index contributed by atoms with van der Waals surface area (Å²) in [7, 11) is 3.23. The fourth-order valence-electron chi connectivity index (χ4n) is 8.69. The lowest BCUT2D eigenvalue weighted by atomic mass is 9.47. The maximum absolute atomic E-state index is 13.9. The van der Waals surface area contributed by atoms with Crippen molar-refractivity contribution in [1.82, 2.24) is 5.32 Å². The fourth-order valence-corrected chi connectivity index (χ4v) is 8.69. The number of fused-ring (bicyclic) bond motifs is 5. The van der Waals surface area contributed by atoms with Crippen LogP contribution in [0, 0.1) is 34.5 Å². The zero-order valence-electron chi connectivity index (χ0n) is 24.0. The van der Waals surface area contributed by atoms with Crippen molar-refractivity contribution in [3.63, 3.8) is 0 Å². The molecule has 0 bridgehead atoms. The highest BCUT2D eigenvalue weighted by Crippen LogP contribution is 2.66. The predicted octanol–water partition coefficient (Wildman–Crippen LogP) is 5.23. The van der Waals surface area contributed by atoms with E-state index in [0.717, 1.165) is 36.8 Å². The van der Waals surface area contributed by atoms with Crippen LogP contribution in [0.3, 0.4) is 0 Å². The first-order valence-corrected chi connectivity index (χ1v) is 14.2. The van der Waals surface area contributed by atoms with E-state index < -0.39 is 17.6 Å². The lowest BCUT2D eigenvalue weighted by Crippen LogP contribution is -2.57. The fraction of sp³-hybridized carbons (Fsp3) is 0.625. The summed E-state index contributed by atoms with van der Waals surface area (Å²) in [5.74, 6) is 1.03. The van der Waals surface area contributed by atoms with Crippen LogP contribution >= 0.6 is 0 Å². The second-order valence-electron chi connectivity index (χ2n) is 13.2. The van der Waals surface area contributed by atoms with Crippen LogP contribution in [0.2, 0.25) is 0 Å². The van der Waals surface area contributed by atoms with E-state index in [-0.39, 0.29) is 34.5 Å².